The zero-order valence-electron chi connectivity index (χ0n) is 35.3. The van der Waals surface area contributed by atoms with E-state index in [-0.39, 0.29) is 23.1 Å². The summed E-state index contributed by atoms with van der Waals surface area (Å²) in [6.45, 7) is 20.5. The second-order valence-corrected chi connectivity index (χ2v) is 20.2. The zero-order chi connectivity index (χ0) is 40.5. The Balaban J connectivity index is 1.24. The number of hydrogen-bond donors (Lipinski definition) is 0. The van der Waals surface area contributed by atoms with Crippen LogP contribution in [0.3, 0.4) is 0 Å². The second kappa shape index (κ2) is 11.3. The van der Waals surface area contributed by atoms with Crippen LogP contribution in [0.25, 0.3) is 82.5 Å². The first-order valence-corrected chi connectivity index (χ1v) is 21.1. The molecule has 2 aliphatic rings. The molecule has 0 N–H and O–H groups in total. The molecule has 0 atom stereocenters. The SMILES string of the molecule is CC(C)(C)c1ccc(N2B3c4cc(C(C)(C)C)ccc4-n4c5ccc6c7ccccc7oc6c5c5ccc(c3c54)-c3cc4c(cc32)oc2cc(C(C)(C)C)ccc24)cc1. The number of benzene rings is 7. The highest BCUT2D eigenvalue weighted by Crippen LogP contribution is 2.49. The van der Waals surface area contributed by atoms with Crippen molar-refractivity contribution in [3.8, 4) is 16.8 Å². The standard InChI is InChI=1S/C54H47BN2O2/c1-52(2,3)30-14-18-33(19-15-30)57-44-29-47-40(35-20-16-32(54(7,8)9)27-46(35)58-47)28-39(44)36-21-22-38-48-43(25-23-37-34-12-10-11-13-45(34)59-51(37)48)56-42-24-17-31(53(4,5)6)26-41(42)55(57)49(36)50(38)56/h10-29H,1-9H3. The maximum absolute atomic E-state index is 6.84. The van der Waals surface area contributed by atoms with Crippen molar-refractivity contribution in [3.05, 3.63) is 138 Å². The van der Waals surface area contributed by atoms with Crippen LogP contribution in [0.15, 0.2) is 130 Å². The van der Waals surface area contributed by atoms with Crippen LogP contribution in [0.4, 0.5) is 11.4 Å². The lowest BCUT2D eigenvalue weighted by atomic mass is 9.43. The van der Waals surface area contributed by atoms with Gasteiger partial charge in [0.15, 0.2) is 0 Å². The second-order valence-electron chi connectivity index (χ2n) is 20.2. The predicted octanol–water partition coefficient (Wildman–Crippen LogP) is 13.7. The molecule has 0 radical (unpaired) electrons. The van der Waals surface area contributed by atoms with E-state index < -0.39 is 0 Å². The molecule has 10 aromatic rings. The first-order valence-electron chi connectivity index (χ1n) is 21.1. The van der Waals surface area contributed by atoms with Crippen LogP contribution >= 0.6 is 0 Å². The molecule has 288 valence electrons. The minimum atomic E-state index is -0.101. The summed E-state index contributed by atoms with van der Waals surface area (Å²) in [7, 11) is 0. The first-order chi connectivity index (χ1) is 28.1. The van der Waals surface area contributed by atoms with Crippen molar-refractivity contribution in [1.82, 2.24) is 4.57 Å². The van der Waals surface area contributed by atoms with E-state index in [4.69, 9.17) is 8.83 Å². The Morgan fingerprint density at radius 3 is 1.88 bits per heavy atom. The summed E-state index contributed by atoms with van der Waals surface area (Å²) in [6.07, 6.45) is 0. The van der Waals surface area contributed by atoms with E-state index in [1.807, 2.05) is 0 Å². The van der Waals surface area contributed by atoms with Crippen LogP contribution < -0.4 is 15.7 Å². The Kier molecular flexibility index (Phi) is 6.66. The average Bonchev–Trinajstić information content (AvgIpc) is 3.87. The molecule has 2 aliphatic heterocycles. The van der Waals surface area contributed by atoms with Crippen molar-refractivity contribution in [3.63, 3.8) is 0 Å². The first kappa shape index (κ1) is 34.8. The van der Waals surface area contributed by atoms with Gasteiger partial charge in [-0.3, -0.25) is 0 Å². The Morgan fingerprint density at radius 2 is 1.12 bits per heavy atom. The van der Waals surface area contributed by atoms with Gasteiger partial charge in [0.1, 0.15) is 22.3 Å². The molecule has 0 saturated heterocycles. The van der Waals surface area contributed by atoms with Gasteiger partial charge in [-0.05, 0) is 98.0 Å². The van der Waals surface area contributed by atoms with Crippen LogP contribution in [-0.2, 0) is 16.2 Å². The number of para-hydroxylation sites is 1. The molecule has 3 aromatic heterocycles. The number of anilines is 2. The summed E-state index contributed by atoms with van der Waals surface area (Å²) < 4.78 is 16.2. The molecule has 0 amide bonds. The molecule has 0 saturated carbocycles. The molecule has 0 bridgehead atoms. The normalized spacial score (nSPS) is 14.1. The lowest BCUT2D eigenvalue weighted by Gasteiger charge is -2.42. The van der Waals surface area contributed by atoms with E-state index in [2.05, 4.69) is 193 Å². The number of nitrogens with zero attached hydrogens (tertiary/aromatic N) is 2. The molecule has 0 spiro atoms. The van der Waals surface area contributed by atoms with Crippen molar-refractivity contribution in [1.29, 1.82) is 0 Å². The Bertz CT molecular complexity index is 3450. The summed E-state index contributed by atoms with van der Waals surface area (Å²) in [5.41, 5.74) is 18.7. The van der Waals surface area contributed by atoms with Gasteiger partial charge in [-0.1, -0.05) is 129 Å². The van der Waals surface area contributed by atoms with Crippen molar-refractivity contribution in [2.75, 3.05) is 4.81 Å². The van der Waals surface area contributed by atoms with Gasteiger partial charge in [-0.15, -0.1) is 0 Å². The highest BCUT2D eigenvalue weighted by molar-refractivity contribution is 6.93. The van der Waals surface area contributed by atoms with E-state index in [9.17, 15) is 0 Å². The van der Waals surface area contributed by atoms with Crippen LogP contribution in [0.1, 0.15) is 79.0 Å². The third-order valence-corrected chi connectivity index (χ3v) is 13.5. The fourth-order valence-corrected chi connectivity index (χ4v) is 10.3. The van der Waals surface area contributed by atoms with Gasteiger partial charge >= 0.3 is 6.85 Å². The summed E-state index contributed by atoms with van der Waals surface area (Å²) >= 11 is 0. The summed E-state index contributed by atoms with van der Waals surface area (Å²) in [4.78, 5) is 2.61. The predicted molar refractivity (Wildman–Crippen MR) is 250 cm³/mol. The fourth-order valence-electron chi connectivity index (χ4n) is 10.3. The molecular formula is C54H47BN2O2. The lowest BCUT2D eigenvalue weighted by Crippen LogP contribution is -2.60. The van der Waals surface area contributed by atoms with Gasteiger partial charge in [-0.2, -0.15) is 0 Å². The van der Waals surface area contributed by atoms with Gasteiger partial charge in [0.25, 0.3) is 0 Å². The lowest BCUT2D eigenvalue weighted by molar-refractivity contribution is 0.587. The number of rotatable bonds is 1. The van der Waals surface area contributed by atoms with E-state index in [1.165, 1.54) is 66.2 Å². The minimum Gasteiger partial charge on any atom is -0.456 e. The van der Waals surface area contributed by atoms with E-state index >= 15 is 0 Å². The highest BCUT2D eigenvalue weighted by Gasteiger charge is 2.45. The van der Waals surface area contributed by atoms with Crippen LogP contribution in [0.2, 0.25) is 0 Å². The zero-order valence-corrected chi connectivity index (χ0v) is 35.3. The molecule has 0 unspecified atom stereocenters. The van der Waals surface area contributed by atoms with Crippen molar-refractivity contribution < 1.29 is 8.83 Å². The smallest absolute Gasteiger partial charge is 0.333 e. The van der Waals surface area contributed by atoms with Gasteiger partial charge in [-0.25, -0.2) is 0 Å². The third-order valence-electron chi connectivity index (χ3n) is 13.5. The van der Waals surface area contributed by atoms with Gasteiger partial charge in [0.2, 0.25) is 0 Å². The Labute approximate surface area is 345 Å². The quantitative estimate of drug-likeness (QED) is 0.156. The number of fused-ring (bicyclic) bond motifs is 15. The molecule has 12 rings (SSSR count). The van der Waals surface area contributed by atoms with E-state index in [0.717, 1.165) is 55.3 Å². The third kappa shape index (κ3) is 4.73. The Hall–Kier alpha value is -6.20. The van der Waals surface area contributed by atoms with Gasteiger partial charge in [0, 0.05) is 55.6 Å². The van der Waals surface area contributed by atoms with Crippen molar-refractivity contribution in [2.24, 2.45) is 0 Å². The summed E-state index contributed by atoms with van der Waals surface area (Å²) in [5.74, 6) is 0. The average molecular weight is 767 g/mol. The van der Waals surface area contributed by atoms with Crippen LogP contribution in [0.5, 0.6) is 0 Å². The monoisotopic (exact) mass is 766 g/mol. The summed E-state index contributed by atoms with van der Waals surface area (Å²) in [5, 5.41) is 6.98. The van der Waals surface area contributed by atoms with E-state index in [0.29, 0.717) is 0 Å². The molecule has 5 heteroatoms. The maximum Gasteiger partial charge on any atom is 0.333 e. The molecule has 0 aliphatic carbocycles. The molecule has 4 nitrogen and oxygen atoms in total. The number of hydrogen-bond acceptors (Lipinski definition) is 3. The van der Waals surface area contributed by atoms with E-state index in [1.54, 1.807) is 0 Å². The summed E-state index contributed by atoms with van der Waals surface area (Å²) in [6, 6.07) is 45.8. The van der Waals surface area contributed by atoms with Gasteiger partial charge < -0.3 is 18.2 Å². The van der Waals surface area contributed by atoms with Crippen molar-refractivity contribution >= 4 is 94.8 Å². The topological polar surface area (TPSA) is 34.5 Å². The number of furan rings is 2. The molecule has 59 heavy (non-hydrogen) atoms. The van der Waals surface area contributed by atoms with Crippen molar-refractivity contribution in [2.45, 2.75) is 78.6 Å². The maximum atomic E-state index is 6.84. The molecular weight excluding hydrogens is 719 g/mol. The highest BCUT2D eigenvalue weighted by atomic mass is 16.3. The minimum absolute atomic E-state index is 0.0148. The molecule has 7 aromatic carbocycles. The van der Waals surface area contributed by atoms with Gasteiger partial charge in [0.05, 0.1) is 16.4 Å². The largest absolute Gasteiger partial charge is 0.456 e. The van der Waals surface area contributed by atoms with Crippen LogP contribution in [0, 0.1) is 0 Å². The fraction of sp³-hybridized carbons (Fsp3) is 0.222. The van der Waals surface area contributed by atoms with Crippen LogP contribution in [-0.4, -0.2) is 11.4 Å². The Morgan fingerprint density at radius 1 is 0.475 bits per heavy atom. The molecule has 5 heterocycles. The number of aromatic nitrogens is 1. The molecule has 0 fully saturated rings.